The van der Waals surface area contributed by atoms with Crippen LogP contribution < -0.4 is 15.5 Å². The first-order valence-electron chi connectivity index (χ1n) is 10.0. The largest absolute Gasteiger partial charge is 0.378 e. The third-order valence-corrected chi connectivity index (χ3v) is 5.45. The predicted molar refractivity (Wildman–Crippen MR) is 111 cm³/mol. The van der Waals surface area contributed by atoms with E-state index in [-0.39, 0.29) is 24.1 Å². The summed E-state index contributed by atoms with van der Waals surface area (Å²) in [4.78, 5) is 31.2. The summed E-state index contributed by atoms with van der Waals surface area (Å²) in [5.74, 6) is 0.491. The third kappa shape index (κ3) is 4.24. The number of aryl methyl sites for hydroxylation is 1. The number of fused-ring (bicyclic) bond motifs is 1. The van der Waals surface area contributed by atoms with Crippen LogP contribution >= 0.6 is 0 Å². The summed E-state index contributed by atoms with van der Waals surface area (Å²) in [6.45, 7) is 2.65. The van der Waals surface area contributed by atoms with E-state index in [1.807, 2.05) is 49.2 Å². The number of nitrogens with zero attached hydrogens (tertiary/aromatic N) is 2. The minimum absolute atomic E-state index is 0.0187. The molecule has 1 aromatic carbocycles. The molecule has 2 aliphatic heterocycles. The smallest absolute Gasteiger partial charge is 0.256 e. The number of aromatic nitrogens is 1. The first-order chi connectivity index (χ1) is 14.0. The van der Waals surface area contributed by atoms with Crippen molar-refractivity contribution in [3.8, 4) is 0 Å². The maximum Gasteiger partial charge on any atom is 0.256 e. The van der Waals surface area contributed by atoms with Crippen molar-refractivity contribution in [2.24, 2.45) is 0 Å². The normalized spacial score (nSPS) is 21.3. The van der Waals surface area contributed by atoms with Crippen LogP contribution in [0.1, 0.15) is 53.5 Å². The average molecular weight is 394 g/mol. The molecule has 1 fully saturated rings. The molecular formula is C22H26N4O3. The molecule has 2 aliphatic rings. The van der Waals surface area contributed by atoms with Crippen molar-refractivity contribution in [1.29, 1.82) is 0 Å². The molecule has 1 saturated heterocycles. The second kappa shape index (κ2) is 8.21. The van der Waals surface area contributed by atoms with E-state index >= 15 is 0 Å². The molecule has 2 atom stereocenters. The lowest BCUT2D eigenvalue weighted by Crippen LogP contribution is -2.45. The van der Waals surface area contributed by atoms with E-state index in [0.717, 1.165) is 42.8 Å². The van der Waals surface area contributed by atoms with E-state index in [0.29, 0.717) is 17.8 Å². The van der Waals surface area contributed by atoms with Crippen LogP contribution in [0.5, 0.6) is 0 Å². The van der Waals surface area contributed by atoms with Gasteiger partial charge in [-0.25, -0.2) is 4.98 Å². The molecule has 0 unspecified atom stereocenters. The molecule has 0 aliphatic carbocycles. The topological polar surface area (TPSA) is 83.6 Å². The van der Waals surface area contributed by atoms with Crippen LogP contribution in [0.15, 0.2) is 36.4 Å². The second-order valence-corrected chi connectivity index (χ2v) is 7.67. The Morgan fingerprint density at radius 2 is 2.03 bits per heavy atom. The fourth-order valence-corrected chi connectivity index (χ4v) is 3.85. The SMILES string of the molecule is Cc1ccc2c(n1)N(C)[C@H](c1ccc(NC(=O)C[C@H]3CCCCO3)cc1)NC2=O. The highest BCUT2D eigenvalue weighted by atomic mass is 16.5. The Morgan fingerprint density at radius 1 is 1.24 bits per heavy atom. The summed E-state index contributed by atoms with van der Waals surface area (Å²) in [5, 5.41) is 5.95. The lowest BCUT2D eigenvalue weighted by molar-refractivity contribution is -0.119. The van der Waals surface area contributed by atoms with Crippen LogP contribution in [-0.4, -0.2) is 36.6 Å². The number of carbonyl (C=O) groups excluding carboxylic acids is 2. The summed E-state index contributed by atoms with van der Waals surface area (Å²) in [5.41, 5.74) is 3.09. The van der Waals surface area contributed by atoms with E-state index in [1.54, 1.807) is 6.07 Å². The number of carbonyl (C=O) groups is 2. The van der Waals surface area contributed by atoms with Gasteiger partial charge in [-0.1, -0.05) is 12.1 Å². The van der Waals surface area contributed by atoms with Gasteiger partial charge in [0.25, 0.3) is 5.91 Å². The van der Waals surface area contributed by atoms with Crippen LogP contribution in [0.25, 0.3) is 0 Å². The molecule has 1 aromatic heterocycles. The van der Waals surface area contributed by atoms with E-state index in [1.165, 1.54) is 0 Å². The molecule has 152 valence electrons. The van der Waals surface area contributed by atoms with Gasteiger partial charge in [-0.2, -0.15) is 0 Å². The summed E-state index contributed by atoms with van der Waals surface area (Å²) < 4.78 is 5.63. The van der Waals surface area contributed by atoms with Gasteiger partial charge in [0.05, 0.1) is 18.1 Å². The van der Waals surface area contributed by atoms with Crippen LogP contribution in [0.4, 0.5) is 11.5 Å². The van der Waals surface area contributed by atoms with Gasteiger partial charge < -0.3 is 20.3 Å². The fourth-order valence-electron chi connectivity index (χ4n) is 3.85. The highest BCUT2D eigenvalue weighted by molar-refractivity contribution is 6.01. The summed E-state index contributed by atoms with van der Waals surface area (Å²) >= 11 is 0. The number of benzene rings is 1. The zero-order valence-electron chi connectivity index (χ0n) is 16.8. The van der Waals surface area contributed by atoms with E-state index < -0.39 is 0 Å². The van der Waals surface area contributed by atoms with Crippen LogP contribution in [0.3, 0.4) is 0 Å². The summed E-state index contributed by atoms with van der Waals surface area (Å²) in [6.07, 6.45) is 3.21. The molecule has 4 rings (SSSR count). The Balaban J connectivity index is 1.43. The Hall–Kier alpha value is -2.93. The molecule has 2 amide bonds. The number of nitrogens with one attached hydrogen (secondary N) is 2. The Bertz CT molecular complexity index is 907. The van der Waals surface area contributed by atoms with Gasteiger partial charge in [0, 0.05) is 25.0 Å². The van der Waals surface area contributed by atoms with Crippen molar-refractivity contribution >= 4 is 23.3 Å². The van der Waals surface area contributed by atoms with Crippen molar-refractivity contribution in [3.05, 3.63) is 53.2 Å². The number of hydrogen-bond donors (Lipinski definition) is 2. The van der Waals surface area contributed by atoms with Gasteiger partial charge in [0.1, 0.15) is 12.0 Å². The molecule has 0 bridgehead atoms. The van der Waals surface area contributed by atoms with Crippen molar-refractivity contribution in [2.45, 2.75) is 44.9 Å². The fraction of sp³-hybridized carbons (Fsp3) is 0.409. The first kappa shape index (κ1) is 19.4. The van der Waals surface area contributed by atoms with Gasteiger partial charge in [-0.15, -0.1) is 0 Å². The molecule has 2 N–H and O–H groups in total. The van der Waals surface area contributed by atoms with Crippen LogP contribution in [-0.2, 0) is 9.53 Å². The lowest BCUT2D eigenvalue weighted by atomic mass is 10.1. The Labute approximate surface area is 170 Å². The molecule has 0 spiro atoms. The van der Waals surface area contributed by atoms with Crippen LogP contribution in [0, 0.1) is 6.92 Å². The van der Waals surface area contributed by atoms with Crippen molar-refractivity contribution in [2.75, 3.05) is 23.9 Å². The molecule has 7 heteroatoms. The van der Waals surface area contributed by atoms with Gasteiger partial charge in [-0.05, 0) is 56.0 Å². The highest BCUT2D eigenvalue weighted by Gasteiger charge is 2.30. The molecule has 29 heavy (non-hydrogen) atoms. The first-order valence-corrected chi connectivity index (χ1v) is 10.0. The molecule has 2 aromatic rings. The van der Waals surface area contributed by atoms with Crippen LogP contribution in [0.2, 0.25) is 0 Å². The Morgan fingerprint density at radius 3 is 2.76 bits per heavy atom. The predicted octanol–water partition coefficient (Wildman–Crippen LogP) is 3.17. The molecule has 7 nitrogen and oxygen atoms in total. The van der Waals surface area contributed by atoms with Crippen molar-refractivity contribution < 1.29 is 14.3 Å². The highest BCUT2D eigenvalue weighted by Crippen LogP contribution is 2.30. The monoisotopic (exact) mass is 394 g/mol. The molecule has 0 saturated carbocycles. The standard InChI is InChI=1S/C22H26N4O3/c1-14-6-11-18-21(23-14)26(2)20(25-22(18)28)15-7-9-16(10-8-15)24-19(27)13-17-5-3-4-12-29-17/h6-11,17,20H,3-5,12-13H2,1-2H3,(H,24,27)(H,25,28)/t17-,20-/m1/s1. The number of amides is 2. The molecule has 0 radical (unpaired) electrons. The number of ether oxygens (including phenoxy) is 1. The van der Waals surface area contributed by atoms with Gasteiger partial charge in [0.2, 0.25) is 5.91 Å². The zero-order chi connectivity index (χ0) is 20.4. The second-order valence-electron chi connectivity index (χ2n) is 7.67. The number of pyridine rings is 1. The number of anilines is 2. The van der Waals surface area contributed by atoms with Gasteiger partial charge in [0.15, 0.2) is 0 Å². The lowest BCUT2D eigenvalue weighted by Gasteiger charge is -2.35. The van der Waals surface area contributed by atoms with Gasteiger partial charge in [-0.3, -0.25) is 9.59 Å². The number of rotatable bonds is 4. The average Bonchev–Trinajstić information content (AvgIpc) is 2.72. The minimum atomic E-state index is -0.315. The number of hydrogen-bond acceptors (Lipinski definition) is 5. The van der Waals surface area contributed by atoms with Crippen molar-refractivity contribution in [3.63, 3.8) is 0 Å². The maximum absolute atomic E-state index is 12.5. The van der Waals surface area contributed by atoms with Gasteiger partial charge >= 0.3 is 0 Å². The van der Waals surface area contributed by atoms with E-state index in [2.05, 4.69) is 15.6 Å². The molecule has 3 heterocycles. The summed E-state index contributed by atoms with van der Waals surface area (Å²) in [7, 11) is 1.91. The quantitative estimate of drug-likeness (QED) is 0.832. The third-order valence-electron chi connectivity index (χ3n) is 5.45. The summed E-state index contributed by atoms with van der Waals surface area (Å²) in [6, 6.07) is 11.2. The van der Waals surface area contributed by atoms with E-state index in [9.17, 15) is 9.59 Å². The maximum atomic E-state index is 12.5. The molecular weight excluding hydrogens is 368 g/mol. The Kier molecular flexibility index (Phi) is 5.49. The minimum Gasteiger partial charge on any atom is -0.378 e. The zero-order valence-corrected chi connectivity index (χ0v) is 16.8. The van der Waals surface area contributed by atoms with Crippen molar-refractivity contribution in [1.82, 2.24) is 10.3 Å². The van der Waals surface area contributed by atoms with E-state index in [4.69, 9.17) is 4.74 Å².